The van der Waals surface area contributed by atoms with Gasteiger partial charge in [0.1, 0.15) is 5.75 Å². The van der Waals surface area contributed by atoms with E-state index in [0.29, 0.717) is 11.7 Å². The van der Waals surface area contributed by atoms with Crippen molar-refractivity contribution in [1.29, 1.82) is 0 Å². The summed E-state index contributed by atoms with van der Waals surface area (Å²) in [6.07, 6.45) is 0.264. The minimum atomic E-state index is -0.165. The summed E-state index contributed by atoms with van der Waals surface area (Å²) in [5.74, 6) is 0.632. The highest BCUT2D eigenvalue weighted by Gasteiger charge is 2.07. The van der Waals surface area contributed by atoms with Gasteiger partial charge >= 0.3 is 0 Å². The topological polar surface area (TPSA) is 62.4 Å². The molecule has 3 N–H and O–H groups in total. The molecule has 5 nitrogen and oxygen atoms in total. The van der Waals surface area contributed by atoms with E-state index in [0.717, 1.165) is 27.8 Å². The summed E-state index contributed by atoms with van der Waals surface area (Å²) in [7, 11) is 0. The lowest BCUT2D eigenvalue weighted by Crippen LogP contribution is -2.44. The Morgan fingerprint density at radius 1 is 0.963 bits per heavy atom. The number of carbonyl (C=O) groups is 1. The number of hydrogen-bond donors (Lipinski definition) is 3. The molecule has 0 aliphatic heterocycles. The van der Waals surface area contributed by atoms with Crippen LogP contribution in [0, 0.1) is 0 Å². The van der Waals surface area contributed by atoms with Crippen LogP contribution in [-0.2, 0) is 11.2 Å². The van der Waals surface area contributed by atoms with Crippen molar-refractivity contribution < 1.29 is 9.53 Å². The SMILES string of the molecule is CCOc1ccc(NC(=S)NNC(=O)Cc2cccc3ccccc23)cc1. The molecule has 6 heteroatoms. The fraction of sp³-hybridized carbons (Fsp3) is 0.143. The molecule has 0 aliphatic rings. The summed E-state index contributed by atoms with van der Waals surface area (Å²) in [6.45, 7) is 2.56. The smallest absolute Gasteiger partial charge is 0.242 e. The molecule has 0 aromatic heterocycles. The molecule has 3 aromatic rings. The summed E-state index contributed by atoms with van der Waals surface area (Å²) in [4.78, 5) is 12.3. The molecule has 138 valence electrons. The maximum Gasteiger partial charge on any atom is 0.242 e. The van der Waals surface area contributed by atoms with Crippen molar-refractivity contribution in [1.82, 2.24) is 10.9 Å². The van der Waals surface area contributed by atoms with Gasteiger partial charge in [0.2, 0.25) is 5.91 Å². The summed E-state index contributed by atoms with van der Waals surface area (Å²) < 4.78 is 5.40. The van der Waals surface area contributed by atoms with Gasteiger partial charge in [-0.25, -0.2) is 0 Å². The summed E-state index contributed by atoms with van der Waals surface area (Å²) in [5.41, 5.74) is 7.13. The highest BCUT2D eigenvalue weighted by atomic mass is 32.1. The van der Waals surface area contributed by atoms with E-state index in [1.54, 1.807) is 0 Å². The van der Waals surface area contributed by atoms with Crippen LogP contribution in [-0.4, -0.2) is 17.6 Å². The van der Waals surface area contributed by atoms with E-state index in [1.165, 1.54) is 0 Å². The molecule has 0 radical (unpaired) electrons. The quantitative estimate of drug-likeness (QED) is 0.465. The van der Waals surface area contributed by atoms with Crippen molar-refractivity contribution in [2.75, 3.05) is 11.9 Å². The lowest BCUT2D eigenvalue weighted by atomic mass is 10.0. The largest absolute Gasteiger partial charge is 0.494 e. The Morgan fingerprint density at radius 3 is 2.48 bits per heavy atom. The standard InChI is InChI=1S/C21H21N3O2S/c1-2-26-18-12-10-17(11-13-18)22-21(27)24-23-20(25)14-16-8-5-7-15-6-3-4-9-19(15)16/h3-13H,2,14H2,1H3,(H,23,25)(H2,22,24,27). The molecule has 0 bridgehead atoms. The number of rotatable bonds is 5. The lowest BCUT2D eigenvalue weighted by Gasteiger charge is -2.13. The van der Waals surface area contributed by atoms with Crippen LogP contribution in [0.25, 0.3) is 10.8 Å². The molecular weight excluding hydrogens is 358 g/mol. The highest BCUT2D eigenvalue weighted by molar-refractivity contribution is 7.80. The monoisotopic (exact) mass is 379 g/mol. The van der Waals surface area contributed by atoms with Gasteiger partial charge in [0.15, 0.2) is 5.11 Å². The zero-order chi connectivity index (χ0) is 19.1. The zero-order valence-electron chi connectivity index (χ0n) is 15.0. The molecule has 1 amide bonds. The minimum absolute atomic E-state index is 0.165. The second-order valence-corrected chi connectivity index (χ2v) is 6.31. The third-order valence-corrected chi connectivity index (χ3v) is 4.17. The molecular formula is C21H21N3O2S. The van der Waals surface area contributed by atoms with E-state index in [4.69, 9.17) is 17.0 Å². The number of anilines is 1. The normalized spacial score (nSPS) is 10.3. The molecule has 0 saturated heterocycles. The van der Waals surface area contributed by atoms with Crippen molar-refractivity contribution in [3.8, 4) is 5.75 Å². The first-order chi connectivity index (χ1) is 13.2. The second-order valence-electron chi connectivity index (χ2n) is 5.90. The summed E-state index contributed by atoms with van der Waals surface area (Å²) >= 11 is 5.21. The number of carbonyl (C=O) groups excluding carboxylic acids is 1. The van der Waals surface area contributed by atoms with Crippen LogP contribution in [0.3, 0.4) is 0 Å². The Bertz CT molecular complexity index is 936. The molecule has 0 spiro atoms. The first-order valence-electron chi connectivity index (χ1n) is 8.71. The number of hydrazine groups is 1. The van der Waals surface area contributed by atoms with Crippen LogP contribution in [0.2, 0.25) is 0 Å². The van der Waals surface area contributed by atoms with E-state index in [-0.39, 0.29) is 12.3 Å². The van der Waals surface area contributed by atoms with Crippen molar-refractivity contribution >= 4 is 39.7 Å². The maximum absolute atomic E-state index is 12.3. The molecule has 0 aliphatic carbocycles. The fourth-order valence-corrected chi connectivity index (χ4v) is 2.92. The van der Waals surface area contributed by atoms with Crippen LogP contribution in [0.1, 0.15) is 12.5 Å². The molecule has 0 saturated carbocycles. The van der Waals surface area contributed by atoms with Crippen molar-refractivity contribution in [2.45, 2.75) is 13.3 Å². The van der Waals surface area contributed by atoms with Crippen LogP contribution in [0.4, 0.5) is 5.69 Å². The third-order valence-electron chi connectivity index (χ3n) is 3.97. The van der Waals surface area contributed by atoms with Crippen LogP contribution in [0.5, 0.6) is 5.75 Å². The molecule has 3 aromatic carbocycles. The van der Waals surface area contributed by atoms with E-state index < -0.39 is 0 Å². The number of hydrogen-bond acceptors (Lipinski definition) is 3. The zero-order valence-corrected chi connectivity index (χ0v) is 15.8. The van der Waals surface area contributed by atoms with Gasteiger partial charge in [-0.2, -0.15) is 0 Å². The van der Waals surface area contributed by atoms with Gasteiger partial charge in [0, 0.05) is 5.69 Å². The van der Waals surface area contributed by atoms with Gasteiger partial charge < -0.3 is 10.1 Å². The van der Waals surface area contributed by atoms with Gasteiger partial charge in [-0.05, 0) is 59.7 Å². The minimum Gasteiger partial charge on any atom is -0.494 e. The van der Waals surface area contributed by atoms with Gasteiger partial charge in [-0.1, -0.05) is 42.5 Å². The lowest BCUT2D eigenvalue weighted by molar-refractivity contribution is -0.120. The first-order valence-corrected chi connectivity index (χ1v) is 9.12. The predicted molar refractivity (Wildman–Crippen MR) is 113 cm³/mol. The summed E-state index contributed by atoms with van der Waals surface area (Å²) in [5, 5.41) is 5.51. The molecule has 0 fully saturated rings. The van der Waals surface area contributed by atoms with Crippen molar-refractivity contribution in [3.05, 3.63) is 72.3 Å². The van der Waals surface area contributed by atoms with Gasteiger partial charge in [0.25, 0.3) is 0 Å². The van der Waals surface area contributed by atoms with E-state index in [9.17, 15) is 4.79 Å². The molecule has 0 unspecified atom stereocenters. The third kappa shape index (κ3) is 5.18. The Labute approximate surface area is 163 Å². The van der Waals surface area contributed by atoms with Crippen molar-refractivity contribution in [2.24, 2.45) is 0 Å². The number of nitrogens with one attached hydrogen (secondary N) is 3. The first kappa shape index (κ1) is 18.7. The maximum atomic E-state index is 12.3. The molecule has 0 atom stereocenters. The van der Waals surface area contributed by atoms with Gasteiger partial charge in [-0.15, -0.1) is 0 Å². The number of amides is 1. The average molecular weight is 379 g/mol. The van der Waals surface area contributed by atoms with Gasteiger partial charge in [0.05, 0.1) is 13.0 Å². The Morgan fingerprint density at radius 2 is 1.70 bits per heavy atom. The van der Waals surface area contributed by atoms with E-state index in [1.807, 2.05) is 73.7 Å². The van der Waals surface area contributed by atoms with Crippen LogP contribution < -0.4 is 20.9 Å². The van der Waals surface area contributed by atoms with Crippen molar-refractivity contribution in [3.63, 3.8) is 0 Å². The average Bonchev–Trinajstić information content (AvgIpc) is 2.68. The number of fused-ring (bicyclic) bond motifs is 1. The molecule has 0 heterocycles. The van der Waals surface area contributed by atoms with Crippen LogP contribution >= 0.6 is 12.2 Å². The highest BCUT2D eigenvalue weighted by Crippen LogP contribution is 2.19. The Balaban J connectivity index is 1.51. The van der Waals surface area contributed by atoms with E-state index >= 15 is 0 Å². The van der Waals surface area contributed by atoms with Crippen LogP contribution in [0.15, 0.2) is 66.7 Å². The Hall–Kier alpha value is -3.12. The van der Waals surface area contributed by atoms with E-state index in [2.05, 4.69) is 16.2 Å². The second kappa shape index (κ2) is 9.00. The number of benzene rings is 3. The molecule has 27 heavy (non-hydrogen) atoms. The molecule has 3 rings (SSSR count). The predicted octanol–water partition coefficient (Wildman–Crippen LogP) is 3.80. The van der Waals surface area contributed by atoms with Gasteiger partial charge in [-0.3, -0.25) is 15.6 Å². The summed E-state index contributed by atoms with van der Waals surface area (Å²) in [6, 6.07) is 21.4. The Kier molecular flexibility index (Phi) is 6.22. The number of thiocarbonyl (C=S) groups is 1. The number of ether oxygens (including phenoxy) is 1. The fourth-order valence-electron chi connectivity index (χ4n) is 2.75.